The number of aliphatic carboxylic acids is 1. The molecule has 0 aromatic heterocycles. The van der Waals surface area contributed by atoms with Crippen molar-refractivity contribution in [3.8, 4) is 24.2 Å². The summed E-state index contributed by atoms with van der Waals surface area (Å²) in [6.07, 6.45) is 4.83. The molecule has 0 amide bonds. The lowest BCUT2D eigenvalue weighted by atomic mass is 10.6. The maximum absolute atomic E-state index is 9.76. The summed E-state index contributed by atoms with van der Waals surface area (Å²) >= 11 is 0. The van der Waals surface area contributed by atoms with Crippen LogP contribution in [0.15, 0.2) is 0 Å². The van der Waals surface area contributed by atoms with Gasteiger partial charge in [-0.05, 0) is 0 Å². The van der Waals surface area contributed by atoms with Gasteiger partial charge in [0.1, 0.15) is 13.2 Å². The van der Waals surface area contributed by atoms with E-state index in [2.05, 4.69) is 16.6 Å². The molecule has 52 valence electrons. The molecule has 0 heterocycles. The third-order valence-corrected chi connectivity index (χ3v) is 0.555. The van der Waals surface area contributed by atoms with Crippen LogP contribution in [-0.2, 0) is 9.53 Å². The molecule has 10 heavy (non-hydrogen) atoms. The molecule has 1 N–H and O–H groups in total. The van der Waals surface area contributed by atoms with Crippen LogP contribution in [0.1, 0.15) is 0 Å². The van der Waals surface area contributed by atoms with E-state index in [1.165, 1.54) is 0 Å². The largest absolute Gasteiger partial charge is 0.472 e. The fraction of sp³-hybridized carbons (Fsp3) is 0.286. The van der Waals surface area contributed by atoms with Gasteiger partial charge in [-0.3, -0.25) is 0 Å². The predicted molar refractivity (Wildman–Crippen MR) is 35.1 cm³/mol. The van der Waals surface area contributed by atoms with Gasteiger partial charge in [0.15, 0.2) is 0 Å². The maximum Gasteiger partial charge on any atom is 0.381 e. The summed E-state index contributed by atoms with van der Waals surface area (Å²) in [4.78, 5) is 9.76. The summed E-state index contributed by atoms with van der Waals surface area (Å²) in [7, 11) is 0. The Hall–Kier alpha value is -1.45. The first-order chi connectivity index (χ1) is 4.77. The van der Waals surface area contributed by atoms with Crippen molar-refractivity contribution in [2.24, 2.45) is 0 Å². The van der Waals surface area contributed by atoms with Gasteiger partial charge in [0, 0.05) is 5.92 Å². The van der Waals surface area contributed by atoms with Crippen molar-refractivity contribution in [1.29, 1.82) is 0 Å². The average molecular weight is 138 g/mol. The van der Waals surface area contributed by atoms with Crippen molar-refractivity contribution in [2.45, 2.75) is 0 Å². The molecule has 0 saturated carbocycles. The van der Waals surface area contributed by atoms with Gasteiger partial charge in [0.05, 0.1) is 0 Å². The Morgan fingerprint density at radius 3 is 2.80 bits per heavy atom. The van der Waals surface area contributed by atoms with E-state index in [1.54, 1.807) is 0 Å². The molecule has 0 saturated heterocycles. The van der Waals surface area contributed by atoms with Gasteiger partial charge in [-0.15, -0.1) is 6.42 Å². The van der Waals surface area contributed by atoms with Crippen molar-refractivity contribution >= 4 is 5.97 Å². The number of terminal acetylenes is 1. The van der Waals surface area contributed by atoms with Crippen molar-refractivity contribution in [3.63, 3.8) is 0 Å². The van der Waals surface area contributed by atoms with Crippen molar-refractivity contribution in [2.75, 3.05) is 13.2 Å². The van der Waals surface area contributed by atoms with E-state index in [1.807, 2.05) is 5.92 Å². The summed E-state index contributed by atoms with van der Waals surface area (Å²) in [6.45, 7) is 0.227. The minimum Gasteiger partial charge on any atom is -0.472 e. The molecule has 0 aromatic rings. The number of carboxylic acids is 1. The Labute approximate surface area is 59.0 Å². The Morgan fingerprint density at radius 1 is 1.60 bits per heavy atom. The van der Waals surface area contributed by atoms with Crippen molar-refractivity contribution < 1.29 is 14.6 Å². The summed E-state index contributed by atoms with van der Waals surface area (Å²) in [5.41, 5.74) is 0. The van der Waals surface area contributed by atoms with Gasteiger partial charge in [-0.2, -0.15) is 0 Å². The van der Waals surface area contributed by atoms with E-state index in [0.29, 0.717) is 0 Å². The highest BCUT2D eigenvalue weighted by Crippen LogP contribution is 1.68. The first-order valence-electron chi connectivity index (χ1n) is 2.50. The molecule has 0 aromatic carbocycles. The number of rotatable bonds is 2. The number of carboxylic acid groups (broad SMARTS) is 1. The molecule has 0 atom stereocenters. The number of ether oxygens (including phenoxy) is 1. The Balaban J connectivity index is 3.31. The molecule has 0 aliphatic rings. The van der Waals surface area contributed by atoms with Crippen LogP contribution in [0.4, 0.5) is 0 Å². The summed E-state index contributed by atoms with van der Waals surface area (Å²) in [5.74, 6) is 5.19. The number of hydrogen-bond acceptors (Lipinski definition) is 2. The third kappa shape index (κ3) is 6.55. The second-order valence-corrected chi connectivity index (χ2v) is 1.30. The second kappa shape index (κ2) is 5.68. The van der Waals surface area contributed by atoms with Gasteiger partial charge in [-0.25, -0.2) is 4.79 Å². The lowest BCUT2D eigenvalue weighted by Gasteiger charge is -1.86. The van der Waals surface area contributed by atoms with E-state index >= 15 is 0 Å². The van der Waals surface area contributed by atoms with Gasteiger partial charge in [0.2, 0.25) is 0 Å². The van der Waals surface area contributed by atoms with Crippen LogP contribution in [0, 0.1) is 24.2 Å². The minimum atomic E-state index is -1.16. The Kier molecular flexibility index (Phi) is 4.86. The smallest absolute Gasteiger partial charge is 0.381 e. The highest BCUT2D eigenvalue weighted by atomic mass is 16.5. The molecule has 0 unspecified atom stereocenters. The van der Waals surface area contributed by atoms with E-state index in [9.17, 15) is 4.79 Å². The topological polar surface area (TPSA) is 46.5 Å². The molecule has 0 radical (unpaired) electrons. The third-order valence-electron chi connectivity index (χ3n) is 0.555. The molecule has 0 bridgehead atoms. The minimum absolute atomic E-state index is 0.0660. The Bertz CT molecular complexity index is 201. The highest BCUT2D eigenvalue weighted by Gasteiger charge is 1.81. The highest BCUT2D eigenvalue weighted by molar-refractivity contribution is 5.86. The van der Waals surface area contributed by atoms with Crippen molar-refractivity contribution in [1.82, 2.24) is 0 Å². The molecule has 3 heteroatoms. The maximum atomic E-state index is 9.76. The van der Waals surface area contributed by atoms with Crippen LogP contribution in [-0.4, -0.2) is 24.3 Å². The van der Waals surface area contributed by atoms with E-state index < -0.39 is 5.97 Å². The average Bonchev–Trinajstić information content (AvgIpc) is 1.87. The van der Waals surface area contributed by atoms with Crippen LogP contribution in [0.25, 0.3) is 0 Å². The van der Waals surface area contributed by atoms with Crippen LogP contribution in [0.3, 0.4) is 0 Å². The number of hydrogen-bond donors (Lipinski definition) is 1. The van der Waals surface area contributed by atoms with Crippen LogP contribution < -0.4 is 0 Å². The second-order valence-electron chi connectivity index (χ2n) is 1.30. The molecule has 0 aliphatic carbocycles. The molecule has 0 fully saturated rings. The lowest BCUT2D eigenvalue weighted by molar-refractivity contribution is -0.130. The normalized spacial score (nSPS) is 7.10. The lowest BCUT2D eigenvalue weighted by Crippen LogP contribution is -1.93. The van der Waals surface area contributed by atoms with Gasteiger partial charge in [0.25, 0.3) is 0 Å². The zero-order valence-electron chi connectivity index (χ0n) is 5.26. The van der Waals surface area contributed by atoms with E-state index in [4.69, 9.17) is 11.5 Å². The first kappa shape index (κ1) is 8.55. The summed E-state index contributed by atoms with van der Waals surface area (Å²) < 4.78 is 4.66. The van der Waals surface area contributed by atoms with Gasteiger partial charge >= 0.3 is 5.97 Å². The standard InChI is InChI=1S/C7H6O3/c1-2-5-10-6-3-4-7(8)9/h1H,5-6H2,(H,8,9). The zero-order valence-corrected chi connectivity index (χ0v) is 5.26. The summed E-state index contributed by atoms with van der Waals surface area (Å²) in [5, 5.41) is 8.00. The molecule has 0 spiro atoms. The predicted octanol–water partition coefficient (Wildman–Crippen LogP) is -0.276. The fourth-order valence-corrected chi connectivity index (χ4v) is 0.273. The first-order valence-corrected chi connectivity index (χ1v) is 2.50. The Morgan fingerprint density at radius 2 is 2.30 bits per heavy atom. The molecular weight excluding hydrogens is 132 g/mol. The SMILES string of the molecule is C#CCOCC#CC(=O)O. The summed E-state index contributed by atoms with van der Waals surface area (Å²) in [6, 6.07) is 0. The fourth-order valence-electron chi connectivity index (χ4n) is 0.273. The van der Waals surface area contributed by atoms with Crippen molar-refractivity contribution in [3.05, 3.63) is 0 Å². The molecular formula is C7H6O3. The number of carbonyl (C=O) groups is 1. The van der Waals surface area contributed by atoms with Gasteiger partial charge in [-0.1, -0.05) is 11.8 Å². The molecule has 3 nitrogen and oxygen atoms in total. The van der Waals surface area contributed by atoms with Crippen LogP contribution in [0.2, 0.25) is 0 Å². The van der Waals surface area contributed by atoms with Gasteiger partial charge < -0.3 is 9.84 Å². The molecule has 0 rings (SSSR count). The van der Waals surface area contributed by atoms with E-state index in [-0.39, 0.29) is 13.2 Å². The van der Waals surface area contributed by atoms with E-state index in [0.717, 1.165) is 0 Å². The monoisotopic (exact) mass is 138 g/mol. The van der Waals surface area contributed by atoms with Crippen LogP contribution >= 0.6 is 0 Å². The van der Waals surface area contributed by atoms with Crippen LogP contribution in [0.5, 0.6) is 0 Å². The quantitative estimate of drug-likeness (QED) is 0.422. The molecule has 0 aliphatic heterocycles. The zero-order chi connectivity index (χ0) is 7.82.